The molecule has 2 unspecified atom stereocenters. The smallest absolute Gasteiger partial charge is 0.287 e. The van der Waals surface area contributed by atoms with E-state index in [9.17, 15) is 22.8 Å². The SMILES string of the molecule is CC(C)C(NS(=O)(=O)c1ccccc1)C(=O)CC1CNC(=O)C1=O. The van der Waals surface area contributed by atoms with Crippen molar-refractivity contribution in [3.8, 4) is 0 Å². The Balaban J connectivity index is 2.13. The Hall–Kier alpha value is -2.06. The summed E-state index contributed by atoms with van der Waals surface area (Å²) in [5.74, 6) is -2.75. The quantitative estimate of drug-likeness (QED) is 0.684. The van der Waals surface area contributed by atoms with Crippen LogP contribution in [0.25, 0.3) is 0 Å². The molecule has 1 heterocycles. The Labute approximate surface area is 140 Å². The Morgan fingerprint density at radius 2 is 1.88 bits per heavy atom. The van der Waals surface area contributed by atoms with Crippen LogP contribution in [0.3, 0.4) is 0 Å². The maximum Gasteiger partial charge on any atom is 0.287 e. The van der Waals surface area contributed by atoms with Crippen LogP contribution >= 0.6 is 0 Å². The maximum atomic E-state index is 12.5. The van der Waals surface area contributed by atoms with Gasteiger partial charge in [0, 0.05) is 13.0 Å². The summed E-state index contributed by atoms with van der Waals surface area (Å²) in [5.41, 5.74) is 0. The molecule has 2 rings (SSSR count). The van der Waals surface area contributed by atoms with E-state index in [1.165, 1.54) is 12.1 Å². The van der Waals surface area contributed by atoms with Gasteiger partial charge in [-0.2, -0.15) is 0 Å². The normalized spacial score (nSPS) is 19.4. The molecule has 1 saturated heterocycles. The monoisotopic (exact) mass is 352 g/mol. The molecule has 130 valence electrons. The molecule has 1 aliphatic heterocycles. The van der Waals surface area contributed by atoms with Gasteiger partial charge < -0.3 is 5.32 Å². The van der Waals surface area contributed by atoms with Gasteiger partial charge in [0.25, 0.3) is 5.91 Å². The summed E-state index contributed by atoms with van der Waals surface area (Å²) < 4.78 is 27.2. The predicted molar refractivity (Wildman–Crippen MR) is 86.5 cm³/mol. The molecule has 0 saturated carbocycles. The summed E-state index contributed by atoms with van der Waals surface area (Å²) in [7, 11) is -3.85. The van der Waals surface area contributed by atoms with Crippen molar-refractivity contribution in [2.45, 2.75) is 31.2 Å². The molecular weight excluding hydrogens is 332 g/mol. The lowest BCUT2D eigenvalue weighted by atomic mass is 9.92. The van der Waals surface area contributed by atoms with Gasteiger partial charge in [0.1, 0.15) is 0 Å². The van der Waals surface area contributed by atoms with Gasteiger partial charge >= 0.3 is 0 Å². The van der Waals surface area contributed by atoms with Crippen LogP contribution in [0.15, 0.2) is 35.2 Å². The first kappa shape index (κ1) is 18.3. The fourth-order valence-electron chi connectivity index (χ4n) is 2.52. The fraction of sp³-hybridized carbons (Fsp3) is 0.438. The molecule has 2 atom stereocenters. The predicted octanol–water partition coefficient (Wildman–Crippen LogP) is 0.264. The fourth-order valence-corrected chi connectivity index (χ4v) is 3.91. The number of sulfonamides is 1. The molecule has 0 bridgehead atoms. The first-order valence-electron chi connectivity index (χ1n) is 7.64. The molecule has 1 aliphatic rings. The Kier molecular flexibility index (Phi) is 5.51. The average molecular weight is 352 g/mol. The lowest BCUT2D eigenvalue weighted by molar-refractivity contribution is -0.137. The molecule has 2 N–H and O–H groups in total. The second-order valence-corrected chi connectivity index (χ2v) is 7.81. The number of benzene rings is 1. The third-order valence-corrected chi connectivity index (χ3v) is 5.36. The van der Waals surface area contributed by atoms with E-state index in [1.54, 1.807) is 32.0 Å². The van der Waals surface area contributed by atoms with E-state index in [4.69, 9.17) is 0 Å². The van der Waals surface area contributed by atoms with Crippen molar-refractivity contribution in [3.63, 3.8) is 0 Å². The molecule has 0 radical (unpaired) electrons. The molecule has 1 amide bonds. The second-order valence-electron chi connectivity index (χ2n) is 6.10. The summed E-state index contributed by atoms with van der Waals surface area (Å²) in [6.45, 7) is 3.55. The molecule has 1 aromatic rings. The van der Waals surface area contributed by atoms with Gasteiger partial charge in [-0.3, -0.25) is 14.4 Å². The highest BCUT2D eigenvalue weighted by atomic mass is 32.2. The average Bonchev–Trinajstić information content (AvgIpc) is 2.85. The minimum Gasteiger partial charge on any atom is -0.349 e. The van der Waals surface area contributed by atoms with E-state index in [0.29, 0.717) is 0 Å². The zero-order valence-corrected chi connectivity index (χ0v) is 14.3. The molecule has 0 aliphatic carbocycles. The van der Waals surface area contributed by atoms with E-state index in [-0.39, 0.29) is 23.8 Å². The minimum absolute atomic E-state index is 0.0669. The Morgan fingerprint density at radius 1 is 1.25 bits per heavy atom. The van der Waals surface area contributed by atoms with Gasteiger partial charge in [-0.1, -0.05) is 32.0 Å². The highest BCUT2D eigenvalue weighted by Gasteiger charge is 2.37. The van der Waals surface area contributed by atoms with Gasteiger partial charge in [0.2, 0.25) is 15.8 Å². The number of rotatable bonds is 7. The number of carbonyl (C=O) groups is 3. The summed E-state index contributed by atoms with van der Waals surface area (Å²) in [5, 5.41) is 2.39. The molecule has 7 nitrogen and oxygen atoms in total. The van der Waals surface area contributed by atoms with E-state index >= 15 is 0 Å². The molecule has 0 aromatic heterocycles. The molecular formula is C16H20N2O5S. The second kappa shape index (κ2) is 7.23. The van der Waals surface area contributed by atoms with Crippen molar-refractivity contribution in [2.24, 2.45) is 11.8 Å². The molecule has 0 spiro atoms. The molecule has 8 heteroatoms. The maximum absolute atomic E-state index is 12.5. The number of carbonyl (C=O) groups excluding carboxylic acids is 3. The van der Waals surface area contributed by atoms with Crippen molar-refractivity contribution in [1.82, 2.24) is 10.0 Å². The van der Waals surface area contributed by atoms with Crippen molar-refractivity contribution in [2.75, 3.05) is 6.54 Å². The molecule has 24 heavy (non-hydrogen) atoms. The van der Waals surface area contributed by atoms with Crippen LogP contribution in [-0.4, -0.2) is 38.5 Å². The van der Waals surface area contributed by atoms with Crippen LogP contribution in [-0.2, 0) is 24.4 Å². The van der Waals surface area contributed by atoms with E-state index in [2.05, 4.69) is 10.0 Å². The van der Waals surface area contributed by atoms with Crippen LogP contribution < -0.4 is 10.0 Å². The molecule has 1 aromatic carbocycles. The number of nitrogens with one attached hydrogen (secondary N) is 2. The minimum atomic E-state index is -3.85. The topological polar surface area (TPSA) is 109 Å². The van der Waals surface area contributed by atoms with Crippen LogP contribution in [0, 0.1) is 11.8 Å². The van der Waals surface area contributed by atoms with Gasteiger partial charge in [0.15, 0.2) is 5.78 Å². The largest absolute Gasteiger partial charge is 0.349 e. The summed E-state index contributed by atoms with van der Waals surface area (Å²) >= 11 is 0. The number of hydrogen-bond acceptors (Lipinski definition) is 5. The van der Waals surface area contributed by atoms with Crippen LogP contribution in [0.5, 0.6) is 0 Å². The number of Topliss-reactive ketones (excluding diaryl/α,β-unsaturated/α-hetero) is 2. The van der Waals surface area contributed by atoms with E-state index < -0.39 is 39.5 Å². The van der Waals surface area contributed by atoms with Gasteiger partial charge in [-0.05, 0) is 18.1 Å². The lowest BCUT2D eigenvalue weighted by Crippen LogP contribution is -2.45. The van der Waals surface area contributed by atoms with Gasteiger partial charge in [-0.25, -0.2) is 13.1 Å². The third kappa shape index (κ3) is 4.07. The van der Waals surface area contributed by atoms with Crippen molar-refractivity contribution >= 4 is 27.5 Å². The zero-order valence-electron chi connectivity index (χ0n) is 13.5. The third-order valence-electron chi connectivity index (χ3n) is 3.90. The molecule has 1 fully saturated rings. The van der Waals surface area contributed by atoms with Crippen LogP contribution in [0.2, 0.25) is 0 Å². The van der Waals surface area contributed by atoms with Gasteiger partial charge in [0.05, 0.1) is 16.9 Å². The van der Waals surface area contributed by atoms with E-state index in [1.807, 2.05) is 0 Å². The summed E-state index contributed by atoms with van der Waals surface area (Å²) in [4.78, 5) is 35.4. The van der Waals surface area contributed by atoms with Crippen LogP contribution in [0.4, 0.5) is 0 Å². The Morgan fingerprint density at radius 3 is 2.38 bits per heavy atom. The Bertz CT molecular complexity index is 743. The summed E-state index contributed by atoms with van der Waals surface area (Å²) in [6.07, 6.45) is -0.169. The first-order chi connectivity index (χ1) is 11.2. The van der Waals surface area contributed by atoms with Crippen molar-refractivity contribution in [3.05, 3.63) is 30.3 Å². The lowest BCUT2D eigenvalue weighted by Gasteiger charge is -2.22. The highest BCUT2D eigenvalue weighted by molar-refractivity contribution is 7.89. The highest BCUT2D eigenvalue weighted by Crippen LogP contribution is 2.17. The van der Waals surface area contributed by atoms with Crippen molar-refractivity contribution < 1.29 is 22.8 Å². The first-order valence-corrected chi connectivity index (χ1v) is 9.13. The van der Waals surface area contributed by atoms with Gasteiger partial charge in [-0.15, -0.1) is 0 Å². The zero-order chi connectivity index (χ0) is 17.9. The van der Waals surface area contributed by atoms with E-state index in [0.717, 1.165) is 0 Å². The number of ketones is 2. The number of amides is 1. The van der Waals surface area contributed by atoms with Crippen LogP contribution in [0.1, 0.15) is 20.3 Å². The number of hydrogen-bond donors (Lipinski definition) is 2. The standard InChI is InChI=1S/C16H20N2O5S/c1-10(2)14(13(19)8-11-9-17-16(21)15(11)20)18-24(22,23)12-6-4-3-5-7-12/h3-7,10-11,14,18H,8-9H2,1-2H3,(H,17,21). The van der Waals surface area contributed by atoms with Crippen molar-refractivity contribution in [1.29, 1.82) is 0 Å². The summed E-state index contributed by atoms with van der Waals surface area (Å²) in [6, 6.07) is 6.80.